The third kappa shape index (κ3) is 2.59. The Balaban J connectivity index is 2.22. The maximum atomic E-state index is 12.5. The van der Waals surface area contributed by atoms with Crippen molar-refractivity contribution in [1.82, 2.24) is 4.31 Å². The van der Waals surface area contributed by atoms with Gasteiger partial charge in [0, 0.05) is 17.6 Å². The zero-order valence-electron chi connectivity index (χ0n) is 8.95. The lowest BCUT2D eigenvalue weighted by atomic mass is 10.1. The molecule has 18 heavy (non-hydrogen) atoms. The van der Waals surface area contributed by atoms with Crippen LogP contribution >= 0.6 is 27.3 Å². The van der Waals surface area contributed by atoms with E-state index in [1.165, 1.54) is 0 Å². The predicted octanol–water partition coefficient (Wildman–Crippen LogP) is 3.08. The summed E-state index contributed by atoms with van der Waals surface area (Å²) in [6.45, 7) is -0.576. The molecule has 0 bridgehead atoms. The van der Waals surface area contributed by atoms with Crippen molar-refractivity contribution >= 4 is 37.3 Å². The zero-order valence-corrected chi connectivity index (χ0v) is 12.2. The fourth-order valence-corrected chi connectivity index (χ4v) is 5.74. The van der Waals surface area contributed by atoms with Crippen LogP contribution in [-0.2, 0) is 10.0 Å². The van der Waals surface area contributed by atoms with Crippen molar-refractivity contribution < 1.29 is 21.6 Å². The van der Waals surface area contributed by atoms with Gasteiger partial charge in [0.15, 0.2) is 0 Å². The Morgan fingerprint density at radius 2 is 2.11 bits per heavy atom. The third-order valence-corrected chi connectivity index (χ3v) is 7.28. The highest BCUT2D eigenvalue weighted by Crippen LogP contribution is 2.37. The highest BCUT2D eigenvalue weighted by molar-refractivity contribution is 9.10. The highest BCUT2D eigenvalue weighted by atomic mass is 79.9. The summed E-state index contributed by atoms with van der Waals surface area (Å²) in [6, 6.07) is 1.56. The van der Waals surface area contributed by atoms with Gasteiger partial charge in [0.1, 0.15) is 4.21 Å². The summed E-state index contributed by atoms with van der Waals surface area (Å²) in [6.07, 6.45) is -4.51. The van der Waals surface area contributed by atoms with Gasteiger partial charge in [-0.25, -0.2) is 8.42 Å². The van der Waals surface area contributed by atoms with Gasteiger partial charge < -0.3 is 0 Å². The van der Waals surface area contributed by atoms with Gasteiger partial charge in [-0.15, -0.1) is 11.3 Å². The lowest BCUT2D eigenvalue weighted by Gasteiger charge is -2.17. The molecule has 102 valence electrons. The van der Waals surface area contributed by atoms with Crippen molar-refractivity contribution in [1.29, 1.82) is 0 Å². The van der Waals surface area contributed by atoms with E-state index in [2.05, 4.69) is 15.9 Å². The first-order valence-electron chi connectivity index (χ1n) is 5.03. The topological polar surface area (TPSA) is 37.4 Å². The van der Waals surface area contributed by atoms with Crippen LogP contribution in [0.1, 0.15) is 6.42 Å². The molecule has 0 spiro atoms. The van der Waals surface area contributed by atoms with E-state index in [9.17, 15) is 21.6 Å². The summed E-state index contributed by atoms with van der Waals surface area (Å²) in [4.78, 5) is 0. The minimum atomic E-state index is -4.34. The van der Waals surface area contributed by atoms with Gasteiger partial charge in [-0.2, -0.15) is 17.5 Å². The monoisotopic (exact) mass is 363 g/mol. The minimum absolute atomic E-state index is 0.0605. The number of sulfonamides is 1. The van der Waals surface area contributed by atoms with Crippen LogP contribution < -0.4 is 0 Å². The van der Waals surface area contributed by atoms with Crippen molar-refractivity contribution in [3.8, 4) is 0 Å². The molecule has 3 nitrogen and oxygen atoms in total. The number of halogens is 4. The Hall–Kier alpha value is -0.120. The molecule has 2 heterocycles. The SMILES string of the molecule is O=S(=O)(c1sccc1Br)N1CCC(C(F)(F)F)C1. The second kappa shape index (κ2) is 4.77. The van der Waals surface area contributed by atoms with Gasteiger partial charge in [-0.05, 0) is 33.8 Å². The van der Waals surface area contributed by atoms with E-state index in [0.29, 0.717) is 4.47 Å². The van der Waals surface area contributed by atoms with E-state index in [0.717, 1.165) is 15.6 Å². The third-order valence-electron chi connectivity index (χ3n) is 2.77. The van der Waals surface area contributed by atoms with Crippen molar-refractivity contribution in [2.24, 2.45) is 5.92 Å². The molecule has 0 amide bonds. The lowest BCUT2D eigenvalue weighted by molar-refractivity contribution is -0.169. The average molecular weight is 364 g/mol. The van der Waals surface area contributed by atoms with Gasteiger partial charge >= 0.3 is 6.18 Å². The largest absolute Gasteiger partial charge is 0.393 e. The van der Waals surface area contributed by atoms with Crippen LogP contribution in [0.5, 0.6) is 0 Å². The Labute approximate surface area is 115 Å². The van der Waals surface area contributed by atoms with Crippen LogP contribution in [-0.4, -0.2) is 32.0 Å². The quantitative estimate of drug-likeness (QED) is 0.809. The minimum Gasteiger partial charge on any atom is -0.206 e. The smallest absolute Gasteiger partial charge is 0.206 e. The molecule has 1 atom stereocenters. The second-order valence-corrected chi connectivity index (χ2v) is 7.85. The zero-order chi connectivity index (χ0) is 13.6. The fourth-order valence-electron chi connectivity index (χ4n) is 1.79. The lowest BCUT2D eigenvalue weighted by Crippen LogP contribution is -2.31. The van der Waals surface area contributed by atoms with E-state index < -0.39 is 28.7 Å². The van der Waals surface area contributed by atoms with Crippen LogP contribution in [0.2, 0.25) is 0 Å². The normalized spacial score (nSPS) is 22.6. The van der Waals surface area contributed by atoms with E-state index in [-0.39, 0.29) is 17.2 Å². The number of hydrogen-bond donors (Lipinski definition) is 0. The van der Waals surface area contributed by atoms with Crippen molar-refractivity contribution in [3.63, 3.8) is 0 Å². The summed E-state index contributed by atoms with van der Waals surface area (Å²) in [5, 5.41) is 1.58. The molecule has 1 saturated heterocycles. The van der Waals surface area contributed by atoms with Gasteiger partial charge in [-0.3, -0.25) is 0 Å². The van der Waals surface area contributed by atoms with E-state index in [4.69, 9.17) is 0 Å². The van der Waals surface area contributed by atoms with Gasteiger partial charge in [0.2, 0.25) is 0 Å². The Morgan fingerprint density at radius 1 is 1.44 bits per heavy atom. The molecule has 1 unspecified atom stereocenters. The predicted molar refractivity (Wildman–Crippen MR) is 64.9 cm³/mol. The maximum absolute atomic E-state index is 12.5. The number of hydrogen-bond acceptors (Lipinski definition) is 3. The van der Waals surface area contributed by atoms with Crippen LogP contribution in [0.25, 0.3) is 0 Å². The van der Waals surface area contributed by atoms with Crippen molar-refractivity contribution in [2.75, 3.05) is 13.1 Å². The average Bonchev–Trinajstić information content (AvgIpc) is 2.83. The van der Waals surface area contributed by atoms with E-state index in [1.54, 1.807) is 11.4 Å². The van der Waals surface area contributed by atoms with Gasteiger partial charge in [0.05, 0.1) is 5.92 Å². The molecule has 0 aliphatic carbocycles. The molecule has 2 rings (SSSR count). The first-order valence-corrected chi connectivity index (χ1v) is 8.14. The molecule has 0 saturated carbocycles. The van der Waals surface area contributed by atoms with Gasteiger partial charge in [-0.1, -0.05) is 0 Å². The van der Waals surface area contributed by atoms with E-state index in [1.807, 2.05) is 0 Å². The standard InChI is InChI=1S/C9H9BrF3NO2S2/c10-7-2-4-17-8(7)18(15,16)14-3-1-6(5-14)9(11,12)13/h2,4,6H,1,3,5H2. The summed E-state index contributed by atoms with van der Waals surface area (Å²) in [7, 11) is -3.81. The molecule has 0 radical (unpaired) electrons. The molecule has 0 N–H and O–H groups in total. The second-order valence-electron chi connectivity index (χ2n) is 3.95. The Kier molecular flexibility index (Phi) is 3.79. The number of nitrogens with zero attached hydrogens (tertiary/aromatic N) is 1. The summed E-state index contributed by atoms with van der Waals surface area (Å²) in [5.41, 5.74) is 0. The molecular weight excluding hydrogens is 355 g/mol. The maximum Gasteiger partial charge on any atom is 0.393 e. The molecule has 9 heteroatoms. The summed E-state index contributed by atoms with van der Waals surface area (Å²) in [5.74, 6) is -1.56. The molecule has 1 aliphatic rings. The van der Waals surface area contributed by atoms with E-state index >= 15 is 0 Å². The molecule has 1 fully saturated rings. The van der Waals surface area contributed by atoms with Crippen molar-refractivity contribution in [3.05, 3.63) is 15.9 Å². The van der Waals surface area contributed by atoms with Crippen LogP contribution in [0.4, 0.5) is 13.2 Å². The highest BCUT2D eigenvalue weighted by Gasteiger charge is 2.46. The molecule has 1 aromatic heterocycles. The Bertz CT molecular complexity index is 540. The molecule has 0 aromatic carbocycles. The van der Waals surface area contributed by atoms with Crippen LogP contribution in [0.3, 0.4) is 0 Å². The summed E-state index contributed by atoms with van der Waals surface area (Å²) >= 11 is 4.08. The number of rotatable bonds is 2. The van der Waals surface area contributed by atoms with Crippen molar-refractivity contribution in [2.45, 2.75) is 16.8 Å². The molecular formula is C9H9BrF3NO2S2. The first-order chi connectivity index (χ1) is 8.23. The molecule has 1 aliphatic heterocycles. The van der Waals surface area contributed by atoms with Gasteiger partial charge in [0.25, 0.3) is 10.0 Å². The number of thiophene rings is 1. The molecule has 1 aromatic rings. The van der Waals surface area contributed by atoms with Crippen LogP contribution in [0.15, 0.2) is 20.1 Å². The fraction of sp³-hybridized carbons (Fsp3) is 0.556. The first kappa shape index (κ1) is 14.3. The summed E-state index contributed by atoms with van der Waals surface area (Å²) < 4.78 is 63.2. The van der Waals surface area contributed by atoms with Crippen LogP contribution in [0, 0.1) is 5.92 Å². The number of alkyl halides is 3. The Morgan fingerprint density at radius 3 is 2.56 bits per heavy atom.